The van der Waals surface area contributed by atoms with Crippen molar-refractivity contribution in [2.75, 3.05) is 26.4 Å². The fourth-order valence-electron chi connectivity index (χ4n) is 1.97. The minimum Gasteiger partial charge on any atom is -0.379 e. The number of amides is 1. The topological polar surface area (TPSA) is 60.5 Å². The van der Waals surface area contributed by atoms with E-state index in [0.717, 1.165) is 30.3 Å². The predicted octanol–water partition coefficient (Wildman–Crippen LogP) is 2.16. The third-order valence-electron chi connectivity index (χ3n) is 3.04. The molecule has 1 atom stereocenters. The third-order valence-corrected chi connectivity index (χ3v) is 3.51. The Hall–Kier alpha value is -0.980. The van der Waals surface area contributed by atoms with Crippen molar-refractivity contribution in [1.29, 1.82) is 0 Å². The summed E-state index contributed by atoms with van der Waals surface area (Å²) >= 11 is 3.28. The van der Waals surface area contributed by atoms with Gasteiger partial charge in [0.2, 0.25) is 0 Å². The van der Waals surface area contributed by atoms with E-state index in [2.05, 4.69) is 26.2 Å². The van der Waals surface area contributed by atoms with Crippen molar-refractivity contribution in [3.63, 3.8) is 0 Å². The van der Waals surface area contributed by atoms with Crippen LogP contribution in [0.5, 0.6) is 0 Å². The second-order valence-electron chi connectivity index (χ2n) is 4.68. The molecule has 110 valence electrons. The summed E-state index contributed by atoms with van der Waals surface area (Å²) in [6.45, 7) is 2.72. The van der Waals surface area contributed by atoms with Crippen LogP contribution in [0.1, 0.15) is 29.8 Å². The van der Waals surface area contributed by atoms with E-state index < -0.39 is 0 Å². The molecule has 0 radical (unpaired) electrons. The first-order valence-electron chi connectivity index (χ1n) is 6.85. The highest BCUT2D eigenvalue weighted by molar-refractivity contribution is 9.10. The summed E-state index contributed by atoms with van der Waals surface area (Å²) in [5.41, 5.74) is 0.425. The zero-order valence-electron chi connectivity index (χ0n) is 11.3. The number of ether oxygens (including phenoxy) is 2. The Labute approximate surface area is 127 Å². The molecule has 2 heterocycles. The number of carbonyl (C=O) groups is 1. The van der Waals surface area contributed by atoms with Crippen molar-refractivity contribution in [2.45, 2.75) is 25.4 Å². The molecule has 5 nitrogen and oxygen atoms in total. The fourth-order valence-corrected chi connectivity index (χ4v) is 2.20. The van der Waals surface area contributed by atoms with Crippen LogP contribution in [0, 0.1) is 0 Å². The van der Waals surface area contributed by atoms with Crippen molar-refractivity contribution in [3.8, 4) is 0 Å². The molecule has 0 aliphatic carbocycles. The van der Waals surface area contributed by atoms with Crippen molar-refractivity contribution in [1.82, 2.24) is 10.3 Å². The average molecular weight is 343 g/mol. The summed E-state index contributed by atoms with van der Waals surface area (Å²) in [6, 6.07) is 3.49. The van der Waals surface area contributed by atoms with Gasteiger partial charge in [0.15, 0.2) is 0 Å². The predicted molar refractivity (Wildman–Crippen MR) is 78.7 cm³/mol. The summed E-state index contributed by atoms with van der Waals surface area (Å²) in [5.74, 6) is -0.156. The number of pyridine rings is 1. The molecule has 1 aromatic heterocycles. The first-order valence-corrected chi connectivity index (χ1v) is 7.64. The minimum atomic E-state index is -0.156. The molecule has 6 heteroatoms. The molecule has 1 unspecified atom stereocenters. The highest BCUT2D eigenvalue weighted by Crippen LogP contribution is 2.11. The van der Waals surface area contributed by atoms with Gasteiger partial charge in [-0.15, -0.1) is 0 Å². The molecule has 2 rings (SSSR count). The van der Waals surface area contributed by atoms with Crippen LogP contribution in [0.15, 0.2) is 22.8 Å². The molecule has 0 spiro atoms. The molecule has 0 saturated carbocycles. The maximum atomic E-state index is 11.7. The smallest absolute Gasteiger partial charge is 0.269 e. The molecule has 20 heavy (non-hydrogen) atoms. The van der Waals surface area contributed by atoms with Gasteiger partial charge in [-0.2, -0.15) is 0 Å². The number of rotatable bonds is 7. The van der Waals surface area contributed by atoms with Crippen LogP contribution in [-0.4, -0.2) is 43.4 Å². The van der Waals surface area contributed by atoms with E-state index in [1.54, 1.807) is 18.3 Å². The highest BCUT2D eigenvalue weighted by Gasteiger charge is 2.14. The van der Waals surface area contributed by atoms with Crippen LogP contribution in [-0.2, 0) is 9.47 Å². The number of nitrogens with zero attached hydrogens (tertiary/aromatic N) is 1. The zero-order chi connectivity index (χ0) is 14.2. The Morgan fingerprint density at radius 3 is 3.15 bits per heavy atom. The van der Waals surface area contributed by atoms with E-state index in [-0.39, 0.29) is 12.0 Å². The molecule has 0 bridgehead atoms. The summed E-state index contributed by atoms with van der Waals surface area (Å²) in [7, 11) is 0. The molecule has 1 amide bonds. The van der Waals surface area contributed by atoms with Gasteiger partial charge in [-0.25, -0.2) is 4.98 Å². The highest BCUT2D eigenvalue weighted by atomic mass is 79.9. The molecule has 1 fully saturated rings. The first kappa shape index (κ1) is 15.4. The van der Waals surface area contributed by atoms with Crippen molar-refractivity contribution in [2.24, 2.45) is 0 Å². The minimum absolute atomic E-state index is 0.156. The first-order chi connectivity index (χ1) is 9.75. The van der Waals surface area contributed by atoms with Gasteiger partial charge in [0, 0.05) is 30.4 Å². The van der Waals surface area contributed by atoms with Gasteiger partial charge in [0.25, 0.3) is 5.91 Å². The van der Waals surface area contributed by atoms with Crippen LogP contribution in [0.25, 0.3) is 0 Å². The quantitative estimate of drug-likeness (QED) is 0.771. The molecular weight excluding hydrogens is 324 g/mol. The van der Waals surface area contributed by atoms with Crippen LogP contribution in [0.2, 0.25) is 0 Å². The SMILES string of the molecule is O=C(NCCCOCC1CCCO1)c1ccc(Br)cn1. The van der Waals surface area contributed by atoms with E-state index >= 15 is 0 Å². The zero-order valence-corrected chi connectivity index (χ0v) is 12.9. The molecule has 1 N–H and O–H groups in total. The maximum absolute atomic E-state index is 11.7. The molecule has 1 aliphatic heterocycles. The van der Waals surface area contributed by atoms with Gasteiger partial charge in [-0.3, -0.25) is 4.79 Å². The summed E-state index contributed by atoms with van der Waals surface area (Å²) in [4.78, 5) is 15.8. The van der Waals surface area contributed by atoms with Crippen LogP contribution in [0.4, 0.5) is 0 Å². The van der Waals surface area contributed by atoms with E-state index in [4.69, 9.17) is 9.47 Å². The summed E-state index contributed by atoms with van der Waals surface area (Å²) in [6.07, 6.45) is 4.88. The lowest BCUT2D eigenvalue weighted by molar-refractivity contribution is 0.0166. The number of carbonyl (C=O) groups excluding carboxylic acids is 1. The standard InChI is InChI=1S/C14H19BrN2O3/c15-11-4-5-13(17-9-11)14(18)16-6-2-7-19-10-12-3-1-8-20-12/h4-5,9,12H,1-3,6-8,10H2,(H,16,18). The number of hydrogen-bond acceptors (Lipinski definition) is 4. The van der Waals surface area contributed by atoms with Gasteiger partial charge in [-0.1, -0.05) is 0 Å². The summed E-state index contributed by atoms with van der Waals surface area (Å²) in [5, 5.41) is 2.82. The van der Waals surface area contributed by atoms with Crippen LogP contribution >= 0.6 is 15.9 Å². The van der Waals surface area contributed by atoms with E-state index in [9.17, 15) is 4.79 Å². The van der Waals surface area contributed by atoms with Gasteiger partial charge >= 0.3 is 0 Å². The Balaban J connectivity index is 1.54. The Morgan fingerprint density at radius 1 is 1.55 bits per heavy atom. The Morgan fingerprint density at radius 2 is 2.45 bits per heavy atom. The molecular formula is C14H19BrN2O3. The molecule has 1 aromatic rings. The number of nitrogens with one attached hydrogen (secondary N) is 1. The van der Waals surface area contributed by atoms with Gasteiger partial charge in [0.05, 0.1) is 12.7 Å². The van der Waals surface area contributed by atoms with Crippen LogP contribution < -0.4 is 5.32 Å². The Bertz CT molecular complexity index is 419. The molecule has 1 aliphatic rings. The maximum Gasteiger partial charge on any atom is 0.269 e. The number of hydrogen-bond donors (Lipinski definition) is 1. The Kier molecular flexibility index (Phi) is 6.42. The lowest BCUT2D eigenvalue weighted by Gasteiger charge is -2.10. The lowest BCUT2D eigenvalue weighted by atomic mass is 10.2. The molecule has 1 saturated heterocycles. The van der Waals surface area contributed by atoms with Gasteiger partial charge in [0.1, 0.15) is 5.69 Å². The van der Waals surface area contributed by atoms with E-state index in [1.807, 2.05) is 0 Å². The second-order valence-corrected chi connectivity index (χ2v) is 5.60. The number of aromatic nitrogens is 1. The average Bonchev–Trinajstić information content (AvgIpc) is 2.96. The van der Waals surface area contributed by atoms with Gasteiger partial charge < -0.3 is 14.8 Å². The monoisotopic (exact) mass is 342 g/mol. The van der Waals surface area contributed by atoms with Gasteiger partial charge in [-0.05, 0) is 47.3 Å². The summed E-state index contributed by atoms with van der Waals surface area (Å²) < 4.78 is 11.8. The van der Waals surface area contributed by atoms with Crippen molar-refractivity contribution >= 4 is 21.8 Å². The van der Waals surface area contributed by atoms with Crippen molar-refractivity contribution in [3.05, 3.63) is 28.5 Å². The third kappa shape index (κ3) is 5.19. The van der Waals surface area contributed by atoms with Crippen LogP contribution in [0.3, 0.4) is 0 Å². The normalized spacial score (nSPS) is 18.1. The van der Waals surface area contributed by atoms with Crippen molar-refractivity contribution < 1.29 is 14.3 Å². The molecule has 0 aromatic carbocycles. The van der Waals surface area contributed by atoms with E-state index in [1.165, 1.54) is 0 Å². The second kappa shape index (κ2) is 8.34. The number of halogens is 1. The lowest BCUT2D eigenvalue weighted by Crippen LogP contribution is -2.26. The fraction of sp³-hybridized carbons (Fsp3) is 0.571. The largest absolute Gasteiger partial charge is 0.379 e. The van der Waals surface area contributed by atoms with E-state index in [0.29, 0.717) is 25.5 Å².